The van der Waals surface area contributed by atoms with Crippen molar-refractivity contribution in [3.05, 3.63) is 0 Å². The first-order valence-electron chi connectivity index (χ1n) is 4.70. The van der Waals surface area contributed by atoms with Gasteiger partial charge in [-0.2, -0.15) is 11.8 Å². The van der Waals surface area contributed by atoms with Crippen molar-refractivity contribution < 1.29 is 8.42 Å². The molecule has 0 N–H and O–H groups in total. The van der Waals surface area contributed by atoms with E-state index in [2.05, 4.69) is 4.90 Å². The van der Waals surface area contributed by atoms with Crippen molar-refractivity contribution in [2.24, 2.45) is 0 Å². The van der Waals surface area contributed by atoms with E-state index in [1.54, 1.807) is 0 Å². The van der Waals surface area contributed by atoms with Crippen molar-refractivity contribution in [2.45, 2.75) is 12.5 Å². The molecule has 2 fully saturated rings. The standard InChI is InChI=1S/C8H15NO2S2/c10-13(11)5-2-9(3-6-13)8-1-4-12-7-8/h8H,1-7H2. The van der Waals surface area contributed by atoms with E-state index in [4.69, 9.17) is 0 Å². The molecule has 0 aliphatic carbocycles. The zero-order valence-corrected chi connectivity index (χ0v) is 9.24. The minimum Gasteiger partial charge on any atom is -0.298 e. The molecule has 1 unspecified atom stereocenters. The van der Waals surface area contributed by atoms with Gasteiger partial charge in [0, 0.05) is 24.9 Å². The van der Waals surface area contributed by atoms with Crippen molar-refractivity contribution in [3.8, 4) is 0 Å². The highest BCUT2D eigenvalue weighted by Gasteiger charge is 2.28. The van der Waals surface area contributed by atoms with E-state index >= 15 is 0 Å². The van der Waals surface area contributed by atoms with Gasteiger partial charge in [-0.3, -0.25) is 4.90 Å². The van der Waals surface area contributed by atoms with Crippen molar-refractivity contribution >= 4 is 21.6 Å². The van der Waals surface area contributed by atoms with Crippen LogP contribution in [0, 0.1) is 0 Å². The van der Waals surface area contributed by atoms with Gasteiger partial charge in [0.15, 0.2) is 9.84 Å². The maximum atomic E-state index is 11.2. The van der Waals surface area contributed by atoms with Crippen LogP contribution in [0.3, 0.4) is 0 Å². The molecule has 0 bridgehead atoms. The highest BCUT2D eigenvalue weighted by molar-refractivity contribution is 7.99. The second-order valence-electron chi connectivity index (χ2n) is 3.71. The predicted molar refractivity (Wildman–Crippen MR) is 56.0 cm³/mol. The first kappa shape index (κ1) is 9.80. The summed E-state index contributed by atoms with van der Waals surface area (Å²) in [6.45, 7) is 1.52. The van der Waals surface area contributed by atoms with E-state index in [0.29, 0.717) is 17.5 Å². The molecule has 0 aromatic carbocycles. The van der Waals surface area contributed by atoms with Crippen LogP contribution in [-0.4, -0.2) is 55.5 Å². The van der Waals surface area contributed by atoms with Crippen LogP contribution in [-0.2, 0) is 9.84 Å². The van der Waals surface area contributed by atoms with Crippen LogP contribution in [0.15, 0.2) is 0 Å². The molecular weight excluding hydrogens is 206 g/mol. The summed E-state index contributed by atoms with van der Waals surface area (Å²) >= 11 is 1.98. The molecule has 0 aromatic heterocycles. The monoisotopic (exact) mass is 221 g/mol. The average molecular weight is 221 g/mol. The smallest absolute Gasteiger partial charge is 0.152 e. The molecule has 0 amide bonds. The molecule has 2 aliphatic rings. The van der Waals surface area contributed by atoms with Crippen LogP contribution < -0.4 is 0 Å². The first-order valence-corrected chi connectivity index (χ1v) is 7.67. The summed E-state index contributed by atoms with van der Waals surface area (Å²) in [5.41, 5.74) is 0. The second-order valence-corrected chi connectivity index (χ2v) is 7.16. The van der Waals surface area contributed by atoms with E-state index in [1.807, 2.05) is 11.8 Å². The Morgan fingerprint density at radius 1 is 1.23 bits per heavy atom. The Labute approximate surface area is 83.8 Å². The van der Waals surface area contributed by atoms with Crippen molar-refractivity contribution in [1.29, 1.82) is 0 Å². The predicted octanol–water partition coefficient (Wildman–Crippen LogP) is 0.222. The van der Waals surface area contributed by atoms with Crippen molar-refractivity contribution in [1.82, 2.24) is 4.90 Å². The Kier molecular flexibility index (Phi) is 2.86. The Morgan fingerprint density at radius 3 is 2.46 bits per heavy atom. The summed E-state index contributed by atoms with van der Waals surface area (Å²) in [6, 6.07) is 0.653. The molecule has 2 rings (SSSR count). The minimum atomic E-state index is -2.69. The fourth-order valence-corrected chi connectivity index (χ4v) is 4.39. The lowest BCUT2D eigenvalue weighted by Crippen LogP contribution is -2.46. The Hall–Kier alpha value is 0.260. The van der Waals surface area contributed by atoms with Gasteiger partial charge < -0.3 is 0 Å². The molecule has 0 spiro atoms. The molecule has 5 heteroatoms. The highest BCUT2D eigenvalue weighted by atomic mass is 32.2. The Morgan fingerprint density at radius 2 is 1.92 bits per heavy atom. The van der Waals surface area contributed by atoms with E-state index < -0.39 is 9.84 Å². The summed E-state index contributed by atoms with van der Waals surface area (Å²) in [5.74, 6) is 3.18. The van der Waals surface area contributed by atoms with E-state index in [9.17, 15) is 8.42 Å². The number of sulfone groups is 1. The van der Waals surface area contributed by atoms with Crippen LogP contribution >= 0.6 is 11.8 Å². The van der Waals surface area contributed by atoms with E-state index in [-0.39, 0.29) is 0 Å². The molecule has 2 saturated heterocycles. The number of hydrogen-bond acceptors (Lipinski definition) is 4. The van der Waals surface area contributed by atoms with Crippen LogP contribution in [0.4, 0.5) is 0 Å². The lowest BCUT2D eigenvalue weighted by Gasteiger charge is -2.31. The molecule has 13 heavy (non-hydrogen) atoms. The SMILES string of the molecule is O=S1(=O)CCN(C2CCSC2)CC1. The zero-order chi connectivity index (χ0) is 9.31. The van der Waals surface area contributed by atoms with Gasteiger partial charge in [0.1, 0.15) is 0 Å². The van der Waals surface area contributed by atoms with Gasteiger partial charge in [-0.15, -0.1) is 0 Å². The number of rotatable bonds is 1. The van der Waals surface area contributed by atoms with Crippen molar-refractivity contribution in [3.63, 3.8) is 0 Å². The van der Waals surface area contributed by atoms with Crippen LogP contribution in [0.5, 0.6) is 0 Å². The molecule has 1 atom stereocenters. The Balaban J connectivity index is 1.90. The van der Waals surface area contributed by atoms with Crippen molar-refractivity contribution in [2.75, 3.05) is 36.1 Å². The molecule has 2 aliphatic heterocycles. The van der Waals surface area contributed by atoms with Crippen LogP contribution in [0.2, 0.25) is 0 Å². The third-order valence-corrected chi connectivity index (χ3v) is 5.56. The molecule has 76 valence electrons. The van der Waals surface area contributed by atoms with E-state index in [0.717, 1.165) is 13.1 Å². The van der Waals surface area contributed by atoms with Gasteiger partial charge in [-0.1, -0.05) is 0 Å². The van der Waals surface area contributed by atoms with Gasteiger partial charge in [-0.25, -0.2) is 8.42 Å². The maximum Gasteiger partial charge on any atom is 0.152 e. The normalized spacial score (nSPS) is 34.9. The number of thioether (sulfide) groups is 1. The first-order chi connectivity index (χ1) is 6.17. The van der Waals surface area contributed by atoms with Gasteiger partial charge in [0.2, 0.25) is 0 Å². The quantitative estimate of drug-likeness (QED) is 0.635. The fraction of sp³-hybridized carbons (Fsp3) is 1.00. The van der Waals surface area contributed by atoms with Gasteiger partial charge in [-0.05, 0) is 12.2 Å². The van der Waals surface area contributed by atoms with Gasteiger partial charge in [0.25, 0.3) is 0 Å². The molecular formula is C8H15NO2S2. The lowest BCUT2D eigenvalue weighted by atomic mass is 10.2. The summed E-state index contributed by atoms with van der Waals surface area (Å²) in [5, 5.41) is 0. The van der Waals surface area contributed by atoms with Crippen LogP contribution in [0.25, 0.3) is 0 Å². The van der Waals surface area contributed by atoms with Gasteiger partial charge in [0.05, 0.1) is 11.5 Å². The molecule has 3 nitrogen and oxygen atoms in total. The van der Waals surface area contributed by atoms with Crippen LogP contribution in [0.1, 0.15) is 6.42 Å². The fourth-order valence-electron chi connectivity index (χ4n) is 1.90. The summed E-state index contributed by atoms with van der Waals surface area (Å²) in [4.78, 5) is 2.35. The molecule has 2 heterocycles. The van der Waals surface area contributed by atoms with E-state index in [1.165, 1.54) is 17.9 Å². The van der Waals surface area contributed by atoms with Gasteiger partial charge >= 0.3 is 0 Å². The third kappa shape index (κ3) is 2.39. The zero-order valence-electron chi connectivity index (χ0n) is 7.61. The summed E-state index contributed by atoms with van der Waals surface area (Å²) in [7, 11) is -2.69. The molecule has 0 radical (unpaired) electrons. The number of nitrogens with zero attached hydrogens (tertiary/aromatic N) is 1. The Bertz CT molecular complexity index is 256. The molecule has 0 saturated carbocycles. The summed E-state index contributed by atoms with van der Waals surface area (Å²) < 4.78 is 22.4. The highest BCUT2D eigenvalue weighted by Crippen LogP contribution is 2.23. The second kappa shape index (κ2) is 3.79. The number of hydrogen-bond donors (Lipinski definition) is 0. The minimum absolute atomic E-state index is 0.369. The summed E-state index contributed by atoms with van der Waals surface area (Å²) in [6.07, 6.45) is 1.24. The maximum absolute atomic E-state index is 11.2. The lowest BCUT2D eigenvalue weighted by molar-refractivity contribution is 0.230. The third-order valence-electron chi connectivity index (χ3n) is 2.80. The average Bonchev–Trinajstić information content (AvgIpc) is 2.56. The molecule has 0 aromatic rings. The topological polar surface area (TPSA) is 37.4 Å². The largest absolute Gasteiger partial charge is 0.298 e.